The van der Waals surface area contributed by atoms with Crippen LogP contribution in [-0.4, -0.2) is 18.3 Å². The molecule has 3 rings (SSSR count). The van der Waals surface area contributed by atoms with Crippen LogP contribution in [0.2, 0.25) is 0 Å². The molecule has 22 heavy (non-hydrogen) atoms. The van der Waals surface area contributed by atoms with Crippen molar-refractivity contribution in [3.05, 3.63) is 48.5 Å². The maximum absolute atomic E-state index is 2.52. The number of hydrogen-bond donors (Lipinski definition) is 0. The van der Waals surface area contributed by atoms with Crippen LogP contribution in [0.1, 0.15) is 44.9 Å². The van der Waals surface area contributed by atoms with E-state index in [0.717, 1.165) is 5.25 Å². The summed E-state index contributed by atoms with van der Waals surface area (Å²) in [7, 11) is 2.28. The average molecular weight is 314 g/mol. The highest BCUT2D eigenvalue weighted by Crippen LogP contribution is 2.34. The van der Waals surface area contributed by atoms with Crippen molar-refractivity contribution in [2.75, 3.05) is 11.9 Å². The first-order valence-corrected chi connectivity index (χ1v) is 9.54. The fourth-order valence-electron chi connectivity index (χ4n) is 3.53. The zero-order valence-electron chi connectivity index (χ0n) is 13.6. The highest BCUT2D eigenvalue weighted by molar-refractivity contribution is 8.00. The monoisotopic (exact) mass is 313 g/mol. The van der Waals surface area contributed by atoms with Crippen LogP contribution in [-0.2, 0) is 0 Å². The van der Waals surface area contributed by atoms with E-state index in [0.29, 0.717) is 6.04 Å². The molecule has 0 saturated heterocycles. The Morgan fingerprint density at radius 2 is 1.64 bits per heavy atom. The number of anilines is 1. The molecule has 0 radical (unpaired) electrons. The molecule has 0 aromatic heterocycles. The van der Waals surface area contributed by atoms with Gasteiger partial charge < -0.3 is 4.90 Å². The molecule has 2 atom stereocenters. The molecule has 1 heterocycles. The Balaban J connectivity index is 2.06. The highest BCUT2D eigenvalue weighted by atomic mass is 32.2. The Bertz CT molecular complexity index is 541. The second-order valence-electron chi connectivity index (χ2n) is 6.48. The summed E-state index contributed by atoms with van der Waals surface area (Å²) in [6.07, 6.45) is 9.55. The molecule has 1 aromatic rings. The summed E-state index contributed by atoms with van der Waals surface area (Å²) in [5.41, 5.74) is 1.33. The Kier molecular flexibility index (Phi) is 5.66. The molecule has 0 spiro atoms. The molecule has 2 unspecified atom stereocenters. The van der Waals surface area contributed by atoms with Crippen molar-refractivity contribution in [3.63, 3.8) is 0 Å². The second-order valence-corrected chi connectivity index (χ2v) is 7.86. The molecule has 1 aliphatic heterocycles. The third-order valence-corrected chi connectivity index (χ3v) is 6.27. The standard InChI is InChI=1S/C20H27NS/c1-21-17-9-5-2-3-7-11-19(15-13-17)22-20-12-8-4-6-10-18(21)14-16-20/h2-3,5,7,9,11,13,15,18,20H,4,6,8,10,12,14,16H2,1H3. The second kappa shape index (κ2) is 7.92. The van der Waals surface area contributed by atoms with Gasteiger partial charge in [0.2, 0.25) is 0 Å². The van der Waals surface area contributed by atoms with E-state index in [1.807, 2.05) is 0 Å². The summed E-state index contributed by atoms with van der Waals surface area (Å²) < 4.78 is 0. The summed E-state index contributed by atoms with van der Waals surface area (Å²) in [4.78, 5) is 3.91. The topological polar surface area (TPSA) is 3.24 Å². The number of hydrogen-bond acceptors (Lipinski definition) is 2. The van der Waals surface area contributed by atoms with Crippen molar-refractivity contribution in [2.45, 2.75) is 61.1 Å². The molecular formula is C20H27NS. The molecule has 2 heteroatoms. The Morgan fingerprint density at radius 1 is 0.818 bits per heavy atom. The molecule has 1 aliphatic carbocycles. The summed E-state index contributed by atoms with van der Waals surface area (Å²) in [5.74, 6) is 0. The predicted molar refractivity (Wildman–Crippen MR) is 98.2 cm³/mol. The zero-order chi connectivity index (χ0) is 15.2. The number of nitrogens with zero attached hydrogens (tertiary/aromatic N) is 1. The Morgan fingerprint density at radius 3 is 2.55 bits per heavy atom. The van der Waals surface area contributed by atoms with E-state index in [4.69, 9.17) is 0 Å². The maximum atomic E-state index is 2.52. The van der Waals surface area contributed by atoms with Crippen molar-refractivity contribution < 1.29 is 0 Å². The molecule has 1 nitrogen and oxygen atoms in total. The minimum atomic E-state index is 0.689. The molecule has 0 N–H and O–H groups in total. The van der Waals surface area contributed by atoms with Crippen molar-refractivity contribution >= 4 is 17.4 Å². The van der Waals surface area contributed by atoms with Crippen molar-refractivity contribution in [1.82, 2.24) is 0 Å². The van der Waals surface area contributed by atoms with Crippen molar-refractivity contribution in [2.24, 2.45) is 0 Å². The van der Waals surface area contributed by atoms with Gasteiger partial charge in [-0.2, -0.15) is 0 Å². The van der Waals surface area contributed by atoms with Gasteiger partial charge in [-0.15, -0.1) is 11.8 Å². The summed E-state index contributed by atoms with van der Waals surface area (Å²) in [6, 6.07) is 18.4. The van der Waals surface area contributed by atoms with Crippen molar-refractivity contribution in [1.29, 1.82) is 0 Å². The predicted octanol–water partition coefficient (Wildman–Crippen LogP) is 5.83. The number of rotatable bonds is 0. The van der Waals surface area contributed by atoms with Crippen LogP contribution in [0, 0.1) is 0 Å². The van der Waals surface area contributed by atoms with Gasteiger partial charge in [0.15, 0.2) is 0 Å². The lowest BCUT2D eigenvalue weighted by Crippen LogP contribution is -2.32. The van der Waals surface area contributed by atoms with Crippen LogP contribution in [0.3, 0.4) is 0 Å². The molecule has 1 aromatic carbocycles. The van der Waals surface area contributed by atoms with E-state index in [1.165, 1.54) is 55.5 Å². The highest BCUT2D eigenvalue weighted by Gasteiger charge is 2.21. The number of thioether (sulfide) groups is 1. The normalized spacial score (nSPS) is 24.9. The SMILES string of the molecule is CN1c2ccccccc(cc2)SC2CCCCCC1CC2. The van der Waals surface area contributed by atoms with Gasteiger partial charge in [-0.05, 0) is 49.9 Å². The minimum Gasteiger partial charge on any atom is -0.372 e. The Labute approximate surface area is 139 Å². The van der Waals surface area contributed by atoms with Gasteiger partial charge in [0.25, 0.3) is 0 Å². The van der Waals surface area contributed by atoms with Crippen LogP contribution in [0.4, 0.5) is 5.69 Å². The molecule has 1 fully saturated rings. The van der Waals surface area contributed by atoms with E-state index >= 15 is 0 Å². The van der Waals surface area contributed by atoms with Crippen LogP contribution in [0.5, 0.6) is 0 Å². The van der Waals surface area contributed by atoms with Crippen molar-refractivity contribution in [3.8, 4) is 0 Å². The van der Waals surface area contributed by atoms with Gasteiger partial charge in [-0.3, -0.25) is 0 Å². The van der Waals surface area contributed by atoms with Gasteiger partial charge in [-0.25, -0.2) is 0 Å². The number of fused-ring (bicyclic) bond motifs is 6. The van der Waals surface area contributed by atoms with Crippen LogP contribution < -0.4 is 4.90 Å². The smallest absolute Gasteiger partial charge is 0.0366 e. The summed E-state index contributed by atoms with van der Waals surface area (Å²) in [5, 5.41) is 0.780. The summed E-state index contributed by atoms with van der Waals surface area (Å²) >= 11 is 2.09. The van der Waals surface area contributed by atoms with Crippen LogP contribution in [0.15, 0.2) is 53.4 Å². The summed E-state index contributed by atoms with van der Waals surface area (Å²) in [6.45, 7) is 0. The molecular weight excluding hydrogens is 286 g/mol. The van der Waals surface area contributed by atoms with E-state index in [1.54, 1.807) is 0 Å². The molecule has 118 valence electrons. The minimum absolute atomic E-state index is 0.689. The van der Waals surface area contributed by atoms with Crippen LogP contribution >= 0.6 is 11.8 Å². The fourth-order valence-corrected chi connectivity index (χ4v) is 4.76. The maximum Gasteiger partial charge on any atom is 0.0366 e. The van der Waals surface area contributed by atoms with Gasteiger partial charge in [-0.1, -0.05) is 43.5 Å². The van der Waals surface area contributed by atoms with E-state index in [9.17, 15) is 0 Å². The van der Waals surface area contributed by atoms with Crippen LogP contribution in [0.25, 0.3) is 0 Å². The zero-order valence-corrected chi connectivity index (χ0v) is 14.4. The molecule has 2 aliphatic rings. The lowest BCUT2D eigenvalue weighted by molar-refractivity contribution is 0.513. The van der Waals surface area contributed by atoms with E-state index < -0.39 is 0 Å². The molecule has 1 saturated carbocycles. The third kappa shape index (κ3) is 4.19. The lowest BCUT2D eigenvalue weighted by Gasteiger charge is -2.31. The molecule has 0 amide bonds. The fraction of sp³-hybridized carbons (Fsp3) is 0.500. The largest absolute Gasteiger partial charge is 0.372 e. The first-order valence-electron chi connectivity index (χ1n) is 8.66. The van der Waals surface area contributed by atoms with E-state index in [2.05, 4.69) is 72.2 Å². The molecule has 4 bridgehead atoms. The van der Waals surface area contributed by atoms with Gasteiger partial charge in [0, 0.05) is 28.9 Å². The first-order chi connectivity index (χ1) is 10.8. The van der Waals surface area contributed by atoms with Gasteiger partial charge in [0.05, 0.1) is 0 Å². The quantitative estimate of drug-likeness (QED) is 0.592. The Hall–Kier alpha value is -1.15. The third-order valence-electron chi connectivity index (χ3n) is 4.92. The lowest BCUT2D eigenvalue weighted by atomic mass is 10.0. The average Bonchev–Trinajstić information content (AvgIpc) is 2.65. The van der Waals surface area contributed by atoms with E-state index in [-0.39, 0.29) is 0 Å². The van der Waals surface area contributed by atoms with Gasteiger partial charge >= 0.3 is 0 Å². The first kappa shape index (κ1) is 15.7. The van der Waals surface area contributed by atoms with Gasteiger partial charge in [0.1, 0.15) is 0 Å².